The molecule has 0 fully saturated rings. The second-order valence-electron chi connectivity index (χ2n) is 1.52. The van der Waals surface area contributed by atoms with E-state index in [2.05, 4.69) is 0 Å². The van der Waals surface area contributed by atoms with Crippen LogP contribution in [0.4, 0.5) is 0 Å². The zero-order valence-electron chi connectivity index (χ0n) is 9.75. The SMILES string of the molecule is [2H]c1c([2H])c([2H])c([As](=O)(O)O)c([2H])c1[2H]. The maximum atomic E-state index is 11.0. The fourth-order valence-corrected chi connectivity index (χ4v) is 1.23. The average Bonchev–Trinajstić information content (AvgIpc) is 2.09. The van der Waals surface area contributed by atoms with Crippen LogP contribution >= 0.6 is 0 Å². The van der Waals surface area contributed by atoms with Crippen molar-refractivity contribution in [3.05, 3.63) is 30.2 Å². The first-order chi connectivity index (χ1) is 6.68. The van der Waals surface area contributed by atoms with Crippen LogP contribution in [-0.2, 0) is 3.74 Å². The molecular weight excluding hydrogens is 195 g/mol. The van der Waals surface area contributed by atoms with Crippen molar-refractivity contribution in [1.82, 2.24) is 0 Å². The zero-order valence-corrected chi connectivity index (χ0v) is 6.63. The summed E-state index contributed by atoms with van der Waals surface area (Å²) < 4.78 is 63.9. The van der Waals surface area contributed by atoms with Gasteiger partial charge in [0.1, 0.15) is 0 Å². The van der Waals surface area contributed by atoms with Gasteiger partial charge in [-0.1, -0.05) is 0 Å². The predicted octanol–water partition coefficient (Wildman–Crippen LogP) is -0.752. The van der Waals surface area contributed by atoms with Crippen molar-refractivity contribution in [3.8, 4) is 0 Å². The summed E-state index contributed by atoms with van der Waals surface area (Å²) in [6.07, 6.45) is 0. The molecule has 3 nitrogen and oxygen atoms in total. The molecule has 0 spiro atoms. The molecule has 0 saturated heterocycles. The standard InChI is InChI=1S/C6H7AsO3/c8-7(9,10)6-4-2-1-3-5-6/h1-5H,(H2,8,9,10)/i1D,2D,3D,4D,5D. The summed E-state index contributed by atoms with van der Waals surface area (Å²) in [5.41, 5.74) is 0. The van der Waals surface area contributed by atoms with E-state index in [9.17, 15) is 3.74 Å². The van der Waals surface area contributed by atoms with Gasteiger partial charge in [0, 0.05) is 0 Å². The molecule has 0 atom stereocenters. The van der Waals surface area contributed by atoms with E-state index in [1.54, 1.807) is 0 Å². The van der Waals surface area contributed by atoms with Gasteiger partial charge in [0.15, 0.2) is 0 Å². The number of rotatable bonds is 1. The predicted molar refractivity (Wildman–Crippen MR) is 37.0 cm³/mol. The fraction of sp³-hybridized carbons (Fsp3) is 0. The van der Waals surface area contributed by atoms with Crippen molar-refractivity contribution >= 4 is 18.5 Å². The zero-order chi connectivity index (χ0) is 12.0. The monoisotopic (exact) mass is 207 g/mol. The summed E-state index contributed by atoms with van der Waals surface area (Å²) in [6, 6.07) is -3.83. The van der Waals surface area contributed by atoms with E-state index >= 15 is 0 Å². The quantitative estimate of drug-likeness (QED) is 0.595. The summed E-state index contributed by atoms with van der Waals surface area (Å²) in [7, 11) is 0. The molecule has 0 amide bonds. The summed E-state index contributed by atoms with van der Waals surface area (Å²) >= 11 is -5.50. The van der Waals surface area contributed by atoms with Gasteiger partial charge in [0.05, 0.1) is 0 Å². The summed E-state index contributed by atoms with van der Waals surface area (Å²) in [5, 5.41) is 0. The normalized spacial score (nSPS) is 18.4. The molecule has 1 rings (SSSR count). The van der Waals surface area contributed by atoms with Crippen LogP contribution < -0.4 is 4.35 Å². The molecule has 0 aliphatic carbocycles. The molecule has 2 N–H and O–H groups in total. The van der Waals surface area contributed by atoms with Gasteiger partial charge in [-0.3, -0.25) is 0 Å². The van der Waals surface area contributed by atoms with Crippen molar-refractivity contribution in [2.75, 3.05) is 0 Å². The van der Waals surface area contributed by atoms with Gasteiger partial charge < -0.3 is 0 Å². The first kappa shape index (κ1) is 3.26. The molecule has 1 aromatic rings. The molecule has 0 saturated carbocycles. The third-order valence-corrected chi connectivity index (χ3v) is 2.47. The molecule has 0 bridgehead atoms. The molecule has 0 aliphatic heterocycles. The molecule has 1 aromatic carbocycles. The minimum atomic E-state index is -5.50. The Bertz CT molecular complexity index is 439. The van der Waals surface area contributed by atoms with Gasteiger partial charge >= 0.3 is 67.5 Å². The fourth-order valence-electron chi connectivity index (χ4n) is 0.389. The molecular formula is C6H7AsO3. The van der Waals surface area contributed by atoms with Crippen molar-refractivity contribution in [1.29, 1.82) is 0 Å². The van der Waals surface area contributed by atoms with Crippen LogP contribution in [-0.4, -0.2) is 22.4 Å². The number of hydrogen-bond acceptors (Lipinski definition) is 1. The molecule has 0 aliphatic rings. The first-order valence-electron chi connectivity index (χ1n) is 4.81. The molecule has 0 unspecified atom stereocenters. The van der Waals surface area contributed by atoms with Gasteiger partial charge in [-0.2, -0.15) is 0 Å². The third-order valence-electron chi connectivity index (χ3n) is 0.778. The van der Waals surface area contributed by atoms with Crippen molar-refractivity contribution in [3.63, 3.8) is 0 Å². The van der Waals surface area contributed by atoms with Crippen molar-refractivity contribution in [2.45, 2.75) is 0 Å². The van der Waals surface area contributed by atoms with E-state index in [0.29, 0.717) is 0 Å². The van der Waals surface area contributed by atoms with Crippen LogP contribution in [0.15, 0.2) is 30.2 Å². The van der Waals surface area contributed by atoms with Crippen molar-refractivity contribution in [2.24, 2.45) is 0 Å². The van der Waals surface area contributed by atoms with Crippen LogP contribution in [0.5, 0.6) is 0 Å². The van der Waals surface area contributed by atoms with E-state index in [-0.39, 0.29) is 0 Å². The number of hydrogen-bond donors (Lipinski definition) is 2. The first-order valence-corrected chi connectivity index (χ1v) is 5.69. The Labute approximate surface area is 68.3 Å². The van der Waals surface area contributed by atoms with E-state index < -0.39 is 48.7 Å². The van der Waals surface area contributed by atoms with E-state index in [4.69, 9.17) is 15.0 Å². The Kier molecular flexibility index (Phi) is 0.856. The van der Waals surface area contributed by atoms with Crippen molar-refractivity contribution < 1.29 is 18.8 Å². The second kappa shape index (κ2) is 2.62. The third kappa shape index (κ3) is 1.74. The van der Waals surface area contributed by atoms with Crippen LogP contribution in [0.25, 0.3) is 0 Å². The van der Waals surface area contributed by atoms with Gasteiger partial charge in [-0.05, 0) is 0 Å². The Morgan fingerprint density at radius 2 is 1.80 bits per heavy atom. The topological polar surface area (TPSA) is 57.5 Å². The Morgan fingerprint density at radius 3 is 2.20 bits per heavy atom. The van der Waals surface area contributed by atoms with Gasteiger partial charge in [0.2, 0.25) is 0 Å². The number of benzene rings is 1. The summed E-state index contributed by atoms with van der Waals surface area (Å²) in [5.74, 6) is 0. The molecule has 0 heterocycles. The summed E-state index contributed by atoms with van der Waals surface area (Å²) in [4.78, 5) is 0. The van der Waals surface area contributed by atoms with E-state index in [0.717, 1.165) is 0 Å². The Balaban J connectivity index is 3.76. The van der Waals surface area contributed by atoms with Gasteiger partial charge in [0.25, 0.3) is 0 Å². The average molecular weight is 207 g/mol. The maximum absolute atomic E-state index is 11.0. The molecule has 10 heavy (non-hydrogen) atoms. The Hall–Kier alpha value is -0.502. The molecule has 54 valence electrons. The second-order valence-corrected chi connectivity index (χ2v) is 4.74. The van der Waals surface area contributed by atoms with Gasteiger partial charge in [-0.15, -0.1) is 0 Å². The van der Waals surface area contributed by atoms with E-state index in [1.807, 2.05) is 0 Å². The molecule has 4 heteroatoms. The summed E-state index contributed by atoms with van der Waals surface area (Å²) in [6.45, 7) is 0. The molecule has 0 aromatic heterocycles. The molecule has 0 radical (unpaired) electrons. The van der Waals surface area contributed by atoms with Gasteiger partial charge in [-0.25, -0.2) is 0 Å². The minimum absolute atomic E-state index is 0.669. The van der Waals surface area contributed by atoms with Crippen LogP contribution in [0.1, 0.15) is 6.85 Å². The van der Waals surface area contributed by atoms with Crippen LogP contribution in [0.2, 0.25) is 0 Å². The Morgan fingerprint density at radius 1 is 1.30 bits per heavy atom. The van der Waals surface area contributed by atoms with Crippen LogP contribution in [0, 0.1) is 0 Å². The van der Waals surface area contributed by atoms with Crippen LogP contribution in [0.3, 0.4) is 0 Å². The van der Waals surface area contributed by atoms with E-state index in [1.165, 1.54) is 0 Å².